The smallest absolute Gasteiger partial charge is 0.238 e. The van der Waals surface area contributed by atoms with Crippen LogP contribution in [0.5, 0.6) is 28.7 Å². The van der Waals surface area contributed by atoms with Crippen molar-refractivity contribution in [3.05, 3.63) is 40.6 Å². The van der Waals surface area contributed by atoms with E-state index in [1.54, 1.807) is 0 Å². The molecular formula is C21H22O12. The van der Waals surface area contributed by atoms with Gasteiger partial charge in [-0.05, 0) is 18.2 Å². The fraction of sp³-hybridized carbons (Fsp3) is 0.286. The third kappa shape index (κ3) is 4.79. The average molecular weight is 466 g/mol. The van der Waals surface area contributed by atoms with Crippen LogP contribution >= 0.6 is 0 Å². The van der Waals surface area contributed by atoms with Crippen molar-refractivity contribution in [3.8, 4) is 40.1 Å². The normalized spacial score (nSPS) is 22.5. The maximum atomic E-state index is 12.1. The molecule has 1 saturated heterocycles. The summed E-state index contributed by atoms with van der Waals surface area (Å²) < 4.78 is 10.2. The van der Waals surface area contributed by atoms with Gasteiger partial charge in [0.15, 0.2) is 17.3 Å². The highest BCUT2D eigenvalue weighted by Gasteiger charge is 2.36. The van der Waals surface area contributed by atoms with Gasteiger partial charge in [0.1, 0.15) is 46.9 Å². The number of hydrogen-bond acceptors (Lipinski definition) is 12. The Bertz CT molecular complexity index is 1200. The summed E-state index contributed by atoms with van der Waals surface area (Å²) >= 11 is 0. The van der Waals surface area contributed by atoms with Gasteiger partial charge in [-0.15, -0.1) is 0 Å². The van der Waals surface area contributed by atoms with E-state index in [1.165, 1.54) is 6.07 Å². The molecule has 0 spiro atoms. The summed E-state index contributed by atoms with van der Waals surface area (Å²) in [7, 11) is 0. The number of ether oxygens (including phenoxy) is 1. The van der Waals surface area contributed by atoms with E-state index < -0.39 is 47.1 Å². The lowest BCUT2D eigenvalue weighted by molar-refractivity contribution is -0.195. The maximum absolute atomic E-state index is 12.1. The van der Waals surface area contributed by atoms with Crippen LogP contribution in [-0.2, 0) is 4.74 Å². The number of phenols is 4. The lowest BCUT2D eigenvalue weighted by atomic mass is 10.0. The van der Waals surface area contributed by atoms with Gasteiger partial charge in [0, 0.05) is 17.7 Å². The number of fused-ring (bicyclic) bond motifs is 1. The van der Waals surface area contributed by atoms with Crippen LogP contribution in [0.1, 0.15) is 0 Å². The zero-order chi connectivity index (χ0) is 24.4. The molecule has 12 nitrogen and oxygen atoms in total. The first-order valence-corrected chi connectivity index (χ1v) is 9.55. The van der Waals surface area contributed by atoms with Gasteiger partial charge in [-0.3, -0.25) is 4.79 Å². The van der Waals surface area contributed by atoms with Crippen molar-refractivity contribution in [2.75, 3.05) is 13.2 Å². The van der Waals surface area contributed by atoms with Crippen LogP contribution in [-0.4, -0.2) is 83.6 Å². The molecule has 0 bridgehead atoms. The standard InChI is InChI=1S/C15H10O7.C6H12O5/c16-7-4-10(19)12-11(5-7)22-15(14(21)13(12)20)6-1-2-8(17)9(18)3-6;7-1-4-6(10)5(9)3(8)2-11-4/h1-5,16-19,21H;3-10H,1-2H2/t;3-,4+,5+,6+/m.1/s1. The van der Waals surface area contributed by atoms with Gasteiger partial charge in [-0.25, -0.2) is 0 Å². The van der Waals surface area contributed by atoms with E-state index in [9.17, 15) is 30.3 Å². The summed E-state index contributed by atoms with van der Waals surface area (Å²) in [6, 6.07) is 5.64. The Morgan fingerprint density at radius 2 is 1.58 bits per heavy atom. The van der Waals surface area contributed by atoms with Crippen molar-refractivity contribution in [3.63, 3.8) is 0 Å². The molecule has 1 aliphatic rings. The molecule has 3 aromatic rings. The minimum atomic E-state index is -1.22. The van der Waals surface area contributed by atoms with Crippen LogP contribution < -0.4 is 5.43 Å². The van der Waals surface area contributed by atoms with Gasteiger partial charge >= 0.3 is 0 Å². The molecule has 1 fully saturated rings. The second kappa shape index (κ2) is 9.52. The Balaban J connectivity index is 0.000000235. The number of phenolic OH excluding ortho intramolecular Hbond substituents is 4. The average Bonchev–Trinajstić information content (AvgIpc) is 2.76. The molecule has 0 radical (unpaired) electrons. The summed E-state index contributed by atoms with van der Waals surface area (Å²) in [4.78, 5) is 12.1. The second-order valence-electron chi connectivity index (χ2n) is 7.25. The summed E-state index contributed by atoms with van der Waals surface area (Å²) in [6.07, 6.45) is -4.27. The molecular weight excluding hydrogens is 444 g/mol. The monoisotopic (exact) mass is 466 g/mol. The lowest BCUT2D eigenvalue weighted by Gasteiger charge is -2.34. The van der Waals surface area contributed by atoms with Crippen LogP contribution in [0, 0.1) is 0 Å². The Kier molecular flexibility index (Phi) is 6.95. The molecule has 0 saturated carbocycles. The minimum absolute atomic E-state index is 0.0521. The molecule has 4 atom stereocenters. The maximum Gasteiger partial charge on any atom is 0.238 e. The SMILES string of the molecule is O=c1c(O)c(-c2ccc(O)c(O)c2)oc2cc(O)cc(O)c12.OC[C@@H]1OC[C@@H](O)[C@H](O)[C@H]1O. The fourth-order valence-corrected chi connectivity index (χ4v) is 3.16. The first-order chi connectivity index (χ1) is 15.5. The van der Waals surface area contributed by atoms with E-state index in [-0.39, 0.29) is 47.0 Å². The highest BCUT2D eigenvalue weighted by atomic mass is 16.5. The number of aliphatic hydroxyl groups is 4. The Hall–Kier alpha value is -3.55. The topological polar surface area (TPSA) is 222 Å². The second-order valence-corrected chi connectivity index (χ2v) is 7.25. The van der Waals surface area contributed by atoms with E-state index in [2.05, 4.69) is 0 Å². The molecule has 2 aromatic carbocycles. The van der Waals surface area contributed by atoms with Gasteiger partial charge in [0.05, 0.1) is 13.2 Å². The van der Waals surface area contributed by atoms with Crippen molar-refractivity contribution in [2.24, 2.45) is 0 Å². The molecule has 4 rings (SSSR count). The molecule has 33 heavy (non-hydrogen) atoms. The summed E-state index contributed by atoms with van der Waals surface area (Å²) in [6.45, 7) is -0.408. The van der Waals surface area contributed by atoms with Crippen molar-refractivity contribution in [1.82, 2.24) is 0 Å². The van der Waals surface area contributed by atoms with Gasteiger partial charge in [-0.2, -0.15) is 0 Å². The first kappa shape index (κ1) is 24.1. The number of aromatic hydroxyl groups is 5. The zero-order valence-corrected chi connectivity index (χ0v) is 16.9. The minimum Gasteiger partial charge on any atom is -0.508 e. The van der Waals surface area contributed by atoms with E-state index >= 15 is 0 Å². The van der Waals surface area contributed by atoms with Crippen molar-refractivity contribution >= 4 is 11.0 Å². The molecule has 2 heterocycles. The third-order valence-corrected chi connectivity index (χ3v) is 4.96. The summed E-state index contributed by atoms with van der Waals surface area (Å²) in [5.41, 5.74) is -0.890. The van der Waals surface area contributed by atoms with Crippen LogP contribution in [0.4, 0.5) is 0 Å². The summed E-state index contributed by atoms with van der Waals surface area (Å²) in [5.74, 6) is -2.71. The molecule has 0 unspecified atom stereocenters. The van der Waals surface area contributed by atoms with Gasteiger partial charge in [0.2, 0.25) is 11.2 Å². The van der Waals surface area contributed by atoms with Gasteiger partial charge < -0.3 is 55.1 Å². The van der Waals surface area contributed by atoms with Gasteiger partial charge in [-0.1, -0.05) is 0 Å². The van der Waals surface area contributed by atoms with E-state index in [0.717, 1.165) is 24.3 Å². The number of aliphatic hydroxyl groups excluding tert-OH is 4. The Morgan fingerprint density at radius 1 is 0.879 bits per heavy atom. The third-order valence-electron chi connectivity index (χ3n) is 4.96. The van der Waals surface area contributed by atoms with Crippen LogP contribution in [0.2, 0.25) is 0 Å². The van der Waals surface area contributed by atoms with Crippen LogP contribution in [0.15, 0.2) is 39.5 Å². The van der Waals surface area contributed by atoms with Crippen LogP contribution in [0.3, 0.4) is 0 Å². The number of rotatable bonds is 2. The number of benzene rings is 2. The van der Waals surface area contributed by atoms with E-state index in [1.807, 2.05) is 0 Å². The molecule has 1 aliphatic heterocycles. The molecule has 0 aliphatic carbocycles. The molecule has 12 heteroatoms. The highest BCUT2D eigenvalue weighted by molar-refractivity contribution is 5.88. The zero-order valence-electron chi connectivity index (χ0n) is 16.9. The lowest BCUT2D eigenvalue weighted by Crippen LogP contribution is -2.53. The van der Waals surface area contributed by atoms with Crippen molar-refractivity contribution in [1.29, 1.82) is 0 Å². The highest BCUT2D eigenvalue weighted by Crippen LogP contribution is 2.37. The quantitative estimate of drug-likeness (QED) is 0.217. The van der Waals surface area contributed by atoms with Crippen molar-refractivity contribution < 1.29 is 55.1 Å². The van der Waals surface area contributed by atoms with Crippen LogP contribution in [0.25, 0.3) is 22.3 Å². The molecule has 178 valence electrons. The Morgan fingerprint density at radius 3 is 2.21 bits per heavy atom. The van der Waals surface area contributed by atoms with E-state index in [0.29, 0.717) is 0 Å². The Labute approximate surface area is 185 Å². The predicted octanol–water partition coefficient (Wildman–Crippen LogP) is -0.552. The van der Waals surface area contributed by atoms with Crippen molar-refractivity contribution in [2.45, 2.75) is 24.4 Å². The largest absolute Gasteiger partial charge is 0.508 e. The molecule has 0 amide bonds. The molecule has 1 aromatic heterocycles. The van der Waals surface area contributed by atoms with Gasteiger partial charge in [0.25, 0.3) is 0 Å². The number of hydrogen-bond donors (Lipinski definition) is 9. The predicted molar refractivity (Wildman–Crippen MR) is 111 cm³/mol. The van der Waals surface area contributed by atoms with E-state index in [4.69, 9.17) is 29.6 Å². The molecule has 9 N–H and O–H groups in total. The summed E-state index contributed by atoms with van der Waals surface area (Å²) in [5, 5.41) is 83.3. The fourth-order valence-electron chi connectivity index (χ4n) is 3.16. The first-order valence-electron chi connectivity index (χ1n) is 9.55.